The third-order valence-electron chi connectivity index (χ3n) is 10.5. The van der Waals surface area contributed by atoms with E-state index in [0.29, 0.717) is 18.6 Å². The Morgan fingerprint density at radius 2 is 1.20 bits per heavy atom. The highest BCUT2D eigenvalue weighted by Gasteiger charge is 2.49. The number of rotatable bonds is 12. The van der Waals surface area contributed by atoms with Crippen LogP contribution in [-0.2, 0) is 28.4 Å². The van der Waals surface area contributed by atoms with Gasteiger partial charge in [0.05, 0.1) is 24.9 Å². The first kappa shape index (κ1) is 51.4. The molecule has 2 amide bonds. The van der Waals surface area contributed by atoms with E-state index in [1.165, 1.54) is 28.5 Å². The SMILES string of the molecule is CC[C@H]1O[C@@H](n2cnc3c(=O)[nH]c(NC(=O)C(C)C)nc32)[C@H](O)[C@H]1F.CC[C@H]1O[C@@H](n2cnc3c(=O)[nH]c(NC(=O)C(C)C)nc32)[C@H](OC(=O)Oc2ccccc2)[C@H]1F.C[P+](=O)Oc1ccccc1. The molecule has 6 aromatic rings. The third kappa shape index (κ3) is 12.4. The van der Waals surface area contributed by atoms with E-state index < -0.39 is 74.5 Å². The summed E-state index contributed by atoms with van der Waals surface area (Å²) in [5.41, 5.74) is -1.08. The number of para-hydroxylation sites is 2. The number of alkyl halides is 2. The summed E-state index contributed by atoms with van der Waals surface area (Å²) < 4.78 is 69.1. The Labute approximate surface area is 393 Å². The molecule has 22 nitrogen and oxygen atoms in total. The average molecular weight is 982 g/mol. The van der Waals surface area contributed by atoms with Crippen molar-refractivity contribution >= 4 is 60.2 Å². The predicted molar refractivity (Wildman–Crippen MR) is 245 cm³/mol. The Morgan fingerprint density at radius 1 is 0.754 bits per heavy atom. The molecule has 0 radical (unpaired) electrons. The molecule has 9 atom stereocenters. The number of H-pyrrole nitrogens is 2. The molecule has 2 aliphatic rings. The van der Waals surface area contributed by atoms with Gasteiger partial charge in [0, 0.05) is 11.8 Å². The van der Waals surface area contributed by atoms with Gasteiger partial charge in [-0.3, -0.25) is 53.4 Å². The zero-order valence-corrected chi connectivity index (χ0v) is 39.3. The smallest absolute Gasteiger partial charge is 0.423 e. The first-order valence-corrected chi connectivity index (χ1v) is 23.4. The zero-order chi connectivity index (χ0) is 50.1. The van der Waals surface area contributed by atoms with Gasteiger partial charge in [-0.2, -0.15) is 9.97 Å². The van der Waals surface area contributed by atoms with Gasteiger partial charge in [0.1, 0.15) is 11.9 Å². The van der Waals surface area contributed by atoms with E-state index >= 15 is 4.39 Å². The number of halogens is 2. The number of aromatic amines is 2. The van der Waals surface area contributed by atoms with E-state index in [4.69, 9.17) is 23.5 Å². The van der Waals surface area contributed by atoms with Crippen LogP contribution >= 0.6 is 8.03 Å². The Bertz CT molecular complexity index is 2860. The standard InChI is InChI=1S/C22H24FN5O6.C15H20FN5O4.C7H8O2P/c1-4-13-14(23)16(34-22(31)32-12-8-6-5-7-9-12)20(33-13)28-10-24-15-17(28)25-21(27-19(15)30)26-18(29)11(2)3;1-4-7-8(16)10(22)14(25-7)21-5-17-9-11(21)18-15(20-13(9)24)19-12(23)6(2)3;1-10(8)9-7-5-3-2-4-6-7/h5-11,13-14,16,20H,4H2,1-3H3,(H2,25,26,27,29,30);5-8,10,14,22H,4H2,1-3H3,(H2,18,19,20,23,24);2-6H,1H3/q;;+1/t13-,14+,16-,20-;7-,8+,10-,14-;/m11./s1. The van der Waals surface area contributed by atoms with Gasteiger partial charge in [0.15, 0.2) is 65.6 Å². The number of anilines is 2. The second-order valence-electron chi connectivity index (χ2n) is 16.2. The summed E-state index contributed by atoms with van der Waals surface area (Å²) in [5.74, 6) is -0.581. The molecule has 4 aromatic heterocycles. The third-order valence-corrected chi connectivity index (χ3v) is 10.9. The van der Waals surface area contributed by atoms with Gasteiger partial charge in [0.25, 0.3) is 11.1 Å². The molecule has 2 saturated heterocycles. The Morgan fingerprint density at radius 3 is 1.65 bits per heavy atom. The van der Waals surface area contributed by atoms with E-state index in [1.807, 2.05) is 18.2 Å². The zero-order valence-electron chi connectivity index (χ0n) is 38.4. The van der Waals surface area contributed by atoms with Crippen LogP contribution in [0.2, 0.25) is 0 Å². The van der Waals surface area contributed by atoms with Crippen molar-refractivity contribution in [2.45, 2.75) is 104 Å². The molecule has 0 spiro atoms. The highest BCUT2D eigenvalue weighted by atomic mass is 31.1. The number of carbonyl (C=O) groups is 3. The summed E-state index contributed by atoms with van der Waals surface area (Å²) in [6.45, 7) is 11.8. The van der Waals surface area contributed by atoms with Gasteiger partial charge in [0.2, 0.25) is 23.7 Å². The van der Waals surface area contributed by atoms with Crippen molar-refractivity contribution in [1.82, 2.24) is 39.0 Å². The van der Waals surface area contributed by atoms with Crippen molar-refractivity contribution in [3.8, 4) is 11.5 Å². The molecule has 5 N–H and O–H groups in total. The highest BCUT2D eigenvalue weighted by molar-refractivity contribution is 7.38. The monoisotopic (exact) mass is 981 g/mol. The molecular formula is C44H52F2N10O12P+. The number of aromatic nitrogens is 8. The van der Waals surface area contributed by atoms with Crippen LogP contribution in [0.15, 0.2) is 82.9 Å². The van der Waals surface area contributed by atoms with E-state index in [2.05, 4.69) is 40.5 Å². The molecule has 2 aliphatic heterocycles. The summed E-state index contributed by atoms with van der Waals surface area (Å²) in [4.78, 5) is 82.2. The first-order chi connectivity index (χ1) is 32.9. The van der Waals surface area contributed by atoms with Crippen LogP contribution in [0, 0.1) is 11.8 Å². The van der Waals surface area contributed by atoms with Crippen molar-refractivity contribution in [3.05, 3.63) is 94.0 Å². The Kier molecular flexibility index (Phi) is 17.0. The highest BCUT2D eigenvalue weighted by Crippen LogP contribution is 2.37. The Balaban J connectivity index is 0.000000195. The molecule has 6 heterocycles. The minimum atomic E-state index is -1.67. The van der Waals surface area contributed by atoms with Gasteiger partial charge in [-0.15, -0.1) is 0 Å². The molecule has 2 fully saturated rings. The number of ether oxygens (including phenoxy) is 4. The summed E-state index contributed by atoms with van der Waals surface area (Å²) in [7, 11) is -1.53. The van der Waals surface area contributed by atoms with Crippen molar-refractivity contribution in [3.63, 3.8) is 0 Å². The molecule has 8 rings (SSSR count). The lowest BCUT2D eigenvalue weighted by atomic mass is 10.1. The van der Waals surface area contributed by atoms with Crippen LogP contribution in [0.5, 0.6) is 11.5 Å². The molecule has 69 heavy (non-hydrogen) atoms. The number of fused-ring (bicyclic) bond motifs is 2. The molecular weight excluding hydrogens is 930 g/mol. The molecule has 25 heteroatoms. The largest absolute Gasteiger partial charge is 0.552 e. The van der Waals surface area contributed by atoms with Crippen molar-refractivity contribution in [2.75, 3.05) is 17.3 Å². The molecule has 1 unspecified atom stereocenters. The van der Waals surface area contributed by atoms with Crippen molar-refractivity contribution in [2.24, 2.45) is 11.8 Å². The second kappa shape index (κ2) is 22.9. The van der Waals surface area contributed by atoms with Gasteiger partial charge in [-0.05, 0) is 41.7 Å². The van der Waals surface area contributed by atoms with Gasteiger partial charge in [-0.1, -0.05) is 77.9 Å². The number of benzene rings is 2. The lowest BCUT2D eigenvalue weighted by Crippen LogP contribution is -2.34. The molecule has 0 saturated carbocycles. The number of aliphatic hydroxyl groups is 1. The fourth-order valence-electron chi connectivity index (χ4n) is 6.85. The van der Waals surface area contributed by atoms with Crippen molar-refractivity contribution in [1.29, 1.82) is 0 Å². The quantitative estimate of drug-likeness (QED) is 0.0526. The van der Waals surface area contributed by atoms with E-state index in [1.54, 1.807) is 84.0 Å². The van der Waals surface area contributed by atoms with Crippen molar-refractivity contribution < 1.29 is 56.3 Å². The van der Waals surface area contributed by atoms with Gasteiger partial charge >= 0.3 is 14.2 Å². The first-order valence-electron chi connectivity index (χ1n) is 21.8. The van der Waals surface area contributed by atoms with E-state index in [-0.39, 0.29) is 63.6 Å². The van der Waals surface area contributed by atoms with Crippen LogP contribution in [0.1, 0.15) is 66.8 Å². The maximum Gasteiger partial charge on any atom is 0.552 e. The number of hydrogen-bond acceptors (Lipinski definition) is 16. The van der Waals surface area contributed by atoms with Crippen LogP contribution in [0.3, 0.4) is 0 Å². The Hall–Kier alpha value is -7.01. The average Bonchev–Trinajstić information content (AvgIpc) is 4.08. The molecule has 368 valence electrons. The minimum absolute atomic E-state index is 0.00806. The number of carbonyl (C=O) groups excluding carboxylic acids is 3. The number of hydrogen-bond donors (Lipinski definition) is 5. The van der Waals surface area contributed by atoms with E-state index in [9.17, 15) is 38.0 Å². The molecule has 0 aliphatic carbocycles. The van der Waals surface area contributed by atoms with Gasteiger partial charge < -0.3 is 24.1 Å². The number of amides is 2. The molecule has 0 bridgehead atoms. The fraction of sp³-hybridized carbons (Fsp3) is 0.432. The minimum Gasteiger partial charge on any atom is -0.423 e. The van der Waals surface area contributed by atoms with Crippen LogP contribution in [0.25, 0.3) is 22.3 Å². The maximum atomic E-state index is 15.2. The number of nitrogens with zero attached hydrogens (tertiary/aromatic N) is 6. The normalized spacial score (nSPS) is 22.1. The fourth-order valence-corrected chi connectivity index (χ4v) is 7.27. The number of imidazole rings is 2. The van der Waals surface area contributed by atoms with Crippen LogP contribution in [0.4, 0.5) is 25.5 Å². The number of nitrogens with one attached hydrogen (secondary N) is 4. The van der Waals surface area contributed by atoms with Crippen LogP contribution < -0.4 is 31.0 Å². The van der Waals surface area contributed by atoms with Gasteiger partial charge in [-0.25, -0.2) is 23.5 Å². The summed E-state index contributed by atoms with van der Waals surface area (Å²) in [6, 6.07) is 17.3. The van der Waals surface area contributed by atoms with Crippen LogP contribution in [-0.4, -0.2) is 106 Å². The maximum absolute atomic E-state index is 15.2. The topological polar surface area (TPSA) is 286 Å². The lowest BCUT2D eigenvalue weighted by Gasteiger charge is -2.20. The lowest BCUT2D eigenvalue weighted by molar-refractivity contribution is -0.119. The predicted octanol–water partition coefficient (Wildman–Crippen LogP) is 6.10. The second-order valence-corrected chi connectivity index (χ2v) is 17.2. The van der Waals surface area contributed by atoms with E-state index in [0.717, 1.165) is 0 Å². The summed E-state index contributed by atoms with van der Waals surface area (Å²) in [6.07, 6.45) is -7.76. The number of aliphatic hydroxyl groups excluding tert-OH is 1. The summed E-state index contributed by atoms with van der Waals surface area (Å²) >= 11 is 0. The summed E-state index contributed by atoms with van der Waals surface area (Å²) in [5, 5.41) is 15.1. The molecule has 2 aromatic carbocycles.